The van der Waals surface area contributed by atoms with Gasteiger partial charge in [0, 0.05) is 12.0 Å². The normalized spacial score (nSPS) is 17.7. The molecule has 5 nitrogen and oxygen atoms in total. The highest BCUT2D eigenvalue weighted by Crippen LogP contribution is 2.28. The van der Waals surface area contributed by atoms with Gasteiger partial charge in [0.2, 0.25) is 5.91 Å². The smallest absolute Gasteiger partial charge is 0.262 e. The summed E-state index contributed by atoms with van der Waals surface area (Å²) in [5, 5.41) is 2.72. The number of fused-ring (bicyclic) bond motifs is 1. The van der Waals surface area contributed by atoms with E-state index in [2.05, 4.69) is 5.32 Å². The molecule has 1 aromatic heterocycles. The lowest BCUT2D eigenvalue weighted by atomic mass is 9.99. The van der Waals surface area contributed by atoms with Crippen LogP contribution in [0, 0.1) is 0 Å². The Bertz CT molecular complexity index is 530. The van der Waals surface area contributed by atoms with E-state index in [-0.39, 0.29) is 12.5 Å². The summed E-state index contributed by atoms with van der Waals surface area (Å²) in [4.78, 5) is 26.0. The predicted octanol–water partition coefficient (Wildman–Crippen LogP) is 2.03. The summed E-state index contributed by atoms with van der Waals surface area (Å²) in [6.45, 7) is 1.64. The van der Waals surface area contributed by atoms with Gasteiger partial charge in [-0.25, -0.2) is 0 Å². The molecule has 22 heavy (non-hydrogen) atoms. The number of carbonyl (C=O) groups is 2. The minimum absolute atomic E-state index is 0.0547. The van der Waals surface area contributed by atoms with Gasteiger partial charge in [0.1, 0.15) is 5.54 Å². The van der Waals surface area contributed by atoms with Crippen molar-refractivity contribution < 1.29 is 14.3 Å². The van der Waals surface area contributed by atoms with E-state index in [0.29, 0.717) is 4.88 Å². The Kier molecular flexibility index (Phi) is 5.58. The van der Waals surface area contributed by atoms with Gasteiger partial charge < -0.3 is 15.8 Å². The van der Waals surface area contributed by atoms with Crippen molar-refractivity contribution in [2.45, 2.75) is 51.0 Å². The highest BCUT2D eigenvalue weighted by molar-refractivity contribution is 7.14. The Balaban J connectivity index is 2.15. The van der Waals surface area contributed by atoms with Crippen LogP contribution < -0.4 is 11.1 Å². The van der Waals surface area contributed by atoms with Crippen molar-refractivity contribution in [3.8, 4) is 0 Å². The Morgan fingerprint density at radius 1 is 1.32 bits per heavy atom. The number of rotatable bonds is 5. The molecule has 6 heteroatoms. The molecular weight excluding hydrogens is 300 g/mol. The molecule has 0 fully saturated rings. The van der Waals surface area contributed by atoms with E-state index >= 15 is 0 Å². The van der Waals surface area contributed by atoms with Gasteiger partial charge in [0.05, 0.1) is 11.5 Å². The van der Waals surface area contributed by atoms with Crippen molar-refractivity contribution in [1.29, 1.82) is 0 Å². The zero-order valence-electron chi connectivity index (χ0n) is 13.2. The molecular formula is C16H24N2O3S. The minimum atomic E-state index is -1.19. The highest BCUT2D eigenvalue weighted by atomic mass is 32.1. The number of nitrogens with two attached hydrogens (primary N) is 1. The fourth-order valence-electron chi connectivity index (χ4n) is 2.73. The van der Waals surface area contributed by atoms with E-state index in [1.165, 1.54) is 54.6 Å². The van der Waals surface area contributed by atoms with Crippen molar-refractivity contribution in [3.05, 3.63) is 21.4 Å². The van der Waals surface area contributed by atoms with Gasteiger partial charge in [0.25, 0.3) is 5.91 Å². The molecule has 0 saturated heterocycles. The summed E-state index contributed by atoms with van der Waals surface area (Å²) in [5.41, 5.74) is 5.48. The summed E-state index contributed by atoms with van der Waals surface area (Å²) < 4.78 is 5.01. The van der Waals surface area contributed by atoms with Crippen LogP contribution in [-0.2, 0) is 22.4 Å². The standard InChI is InChI=1S/C16H24N2O3S/c1-16(10-21-2,15(17)20)18-14(19)13-9-11-7-5-3-4-6-8-12(11)22-13/h9H,3-8,10H2,1-2H3,(H2,17,20)(H,18,19)/t16-/m0/s1. The van der Waals surface area contributed by atoms with E-state index in [4.69, 9.17) is 10.5 Å². The number of thiophene rings is 1. The van der Waals surface area contributed by atoms with Crippen LogP contribution in [0.5, 0.6) is 0 Å². The molecule has 0 bridgehead atoms. The second kappa shape index (κ2) is 7.24. The van der Waals surface area contributed by atoms with Crippen molar-refractivity contribution in [2.24, 2.45) is 5.73 Å². The number of ether oxygens (including phenoxy) is 1. The molecule has 0 spiro atoms. The minimum Gasteiger partial charge on any atom is -0.382 e. The zero-order chi connectivity index (χ0) is 16.2. The van der Waals surface area contributed by atoms with E-state index < -0.39 is 11.4 Å². The average molecular weight is 324 g/mol. The summed E-state index contributed by atoms with van der Waals surface area (Å²) >= 11 is 1.53. The first-order chi connectivity index (χ1) is 10.5. The molecule has 0 radical (unpaired) electrons. The third kappa shape index (κ3) is 3.87. The predicted molar refractivity (Wildman–Crippen MR) is 87.1 cm³/mol. The number of hydrogen-bond acceptors (Lipinski definition) is 4. The third-order valence-corrected chi connectivity index (χ3v) is 5.32. The number of carbonyl (C=O) groups excluding carboxylic acids is 2. The van der Waals surface area contributed by atoms with Crippen LogP contribution in [0.25, 0.3) is 0 Å². The van der Waals surface area contributed by atoms with Gasteiger partial charge in [-0.15, -0.1) is 11.3 Å². The largest absolute Gasteiger partial charge is 0.382 e. The zero-order valence-corrected chi connectivity index (χ0v) is 14.1. The molecule has 1 heterocycles. The molecule has 0 aliphatic heterocycles. The van der Waals surface area contributed by atoms with E-state index in [1.807, 2.05) is 6.07 Å². The molecule has 2 amide bonds. The summed E-state index contributed by atoms with van der Waals surface area (Å²) in [5.74, 6) is -0.854. The number of amides is 2. The highest BCUT2D eigenvalue weighted by Gasteiger charge is 2.33. The van der Waals surface area contributed by atoms with E-state index in [9.17, 15) is 9.59 Å². The summed E-state index contributed by atoms with van der Waals surface area (Å²) in [6, 6.07) is 1.97. The summed E-state index contributed by atoms with van der Waals surface area (Å²) in [7, 11) is 1.48. The van der Waals surface area contributed by atoms with Crippen LogP contribution in [0.4, 0.5) is 0 Å². The number of hydrogen-bond donors (Lipinski definition) is 2. The number of nitrogens with one attached hydrogen (secondary N) is 1. The van der Waals surface area contributed by atoms with Crippen LogP contribution in [0.2, 0.25) is 0 Å². The Labute approximate surface area is 135 Å². The van der Waals surface area contributed by atoms with Gasteiger partial charge in [0.15, 0.2) is 0 Å². The van der Waals surface area contributed by atoms with Crippen molar-refractivity contribution >= 4 is 23.2 Å². The number of aryl methyl sites for hydroxylation is 2. The lowest BCUT2D eigenvalue weighted by molar-refractivity contribution is -0.125. The van der Waals surface area contributed by atoms with Gasteiger partial charge in [-0.05, 0) is 44.2 Å². The maximum Gasteiger partial charge on any atom is 0.262 e. The first-order valence-corrected chi connectivity index (χ1v) is 8.51. The Morgan fingerprint density at radius 2 is 2.00 bits per heavy atom. The third-order valence-electron chi connectivity index (χ3n) is 4.09. The van der Waals surface area contributed by atoms with Crippen molar-refractivity contribution in [2.75, 3.05) is 13.7 Å². The van der Waals surface area contributed by atoms with Crippen molar-refractivity contribution in [3.63, 3.8) is 0 Å². The fourth-order valence-corrected chi connectivity index (χ4v) is 3.87. The van der Waals surface area contributed by atoms with Crippen molar-refractivity contribution in [1.82, 2.24) is 5.32 Å². The average Bonchev–Trinajstić information content (AvgIpc) is 2.81. The maximum atomic E-state index is 12.5. The molecule has 122 valence electrons. The van der Waals surface area contributed by atoms with Crippen LogP contribution in [0.15, 0.2) is 6.07 Å². The fraction of sp³-hybridized carbons (Fsp3) is 0.625. The lowest BCUT2D eigenvalue weighted by Gasteiger charge is -2.26. The Morgan fingerprint density at radius 3 is 2.64 bits per heavy atom. The van der Waals surface area contributed by atoms with Crippen LogP contribution in [0.3, 0.4) is 0 Å². The SMILES string of the molecule is COC[C@](C)(NC(=O)c1cc2c(s1)CCCCCC2)C(N)=O. The second-order valence-corrected chi connectivity index (χ2v) is 7.19. The molecule has 2 rings (SSSR count). The van der Waals surface area contributed by atoms with Gasteiger partial charge in [-0.2, -0.15) is 0 Å². The van der Waals surface area contributed by atoms with Crippen LogP contribution in [-0.4, -0.2) is 31.1 Å². The van der Waals surface area contributed by atoms with Gasteiger partial charge in [-0.1, -0.05) is 12.8 Å². The topological polar surface area (TPSA) is 81.4 Å². The van der Waals surface area contributed by atoms with E-state index in [1.54, 1.807) is 6.92 Å². The van der Waals surface area contributed by atoms with Gasteiger partial charge >= 0.3 is 0 Å². The monoisotopic (exact) mass is 324 g/mol. The molecule has 0 saturated carbocycles. The molecule has 0 aromatic carbocycles. The number of primary amides is 1. The van der Waals surface area contributed by atoms with Crippen LogP contribution in [0.1, 0.15) is 52.7 Å². The van der Waals surface area contributed by atoms with Gasteiger partial charge in [-0.3, -0.25) is 9.59 Å². The first kappa shape index (κ1) is 17.0. The van der Waals surface area contributed by atoms with Crippen LogP contribution >= 0.6 is 11.3 Å². The molecule has 1 aliphatic carbocycles. The quantitative estimate of drug-likeness (QED) is 0.869. The summed E-state index contributed by atoms with van der Waals surface area (Å²) in [6.07, 6.45) is 6.93. The first-order valence-electron chi connectivity index (χ1n) is 7.69. The van der Waals surface area contributed by atoms with E-state index in [0.717, 1.165) is 12.8 Å². The molecule has 0 unspecified atom stereocenters. The Hall–Kier alpha value is -1.40. The maximum absolute atomic E-state index is 12.5. The number of methoxy groups -OCH3 is 1. The second-order valence-electron chi connectivity index (χ2n) is 6.06. The lowest BCUT2D eigenvalue weighted by Crippen LogP contribution is -2.58. The molecule has 1 aromatic rings. The molecule has 3 N–H and O–H groups in total. The molecule has 1 atom stereocenters. The molecule has 1 aliphatic rings.